The summed E-state index contributed by atoms with van der Waals surface area (Å²) in [4.78, 5) is -0.359. The Morgan fingerprint density at radius 3 is 2.00 bits per heavy atom. The van der Waals surface area contributed by atoms with E-state index in [2.05, 4.69) is 0 Å². The summed E-state index contributed by atoms with van der Waals surface area (Å²) in [7, 11) is 0. The molecule has 4 heteroatoms. The molecule has 0 spiro atoms. The van der Waals surface area contributed by atoms with E-state index in [1.807, 2.05) is 0 Å². The quantitative estimate of drug-likeness (QED) is 0.640. The van der Waals surface area contributed by atoms with Gasteiger partial charge in [0.25, 0.3) is 0 Å². The third-order valence-electron chi connectivity index (χ3n) is 1.01. The van der Waals surface area contributed by atoms with Gasteiger partial charge in [0.1, 0.15) is 16.5 Å². The number of hydrogen-bond donors (Lipinski definition) is 1. The van der Waals surface area contributed by atoms with Crippen molar-refractivity contribution < 1.29 is 13.3 Å². The first-order valence-electron chi connectivity index (χ1n) is 2.51. The van der Waals surface area contributed by atoms with Crippen molar-refractivity contribution in [2.75, 3.05) is 0 Å². The molecule has 1 nitrogen and oxygen atoms in total. The molecule has 0 fully saturated rings. The minimum atomic E-state index is -0.743. The summed E-state index contributed by atoms with van der Waals surface area (Å²) < 4.78 is 33.2. The summed E-state index contributed by atoms with van der Waals surface area (Å²) >= 11 is 0.0720. The fraction of sp³-hybridized carbons (Fsp3) is 0. The molecule has 0 radical (unpaired) electrons. The van der Waals surface area contributed by atoms with Crippen molar-refractivity contribution in [3.05, 3.63) is 29.8 Å². The van der Waals surface area contributed by atoms with Crippen LogP contribution in [-0.4, -0.2) is 4.55 Å². The Hall–Kier alpha value is -0.610. The summed E-state index contributed by atoms with van der Waals surface area (Å²) in [5.74, 6) is -1.49. The summed E-state index contributed by atoms with van der Waals surface area (Å²) in [6.45, 7) is 0. The van der Waals surface area contributed by atoms with Gasteiger partial charge in [0.15, 0.2) is 0 Å². The maximum atomic E-state index is 12.4. The van der Waals surface area contributed by atoms with Crippen LogP contribution in [0, 0.1) is 11.6 Å². The largest absolute Gasteiger partial charge is 0.325 e. The molecule has 1 N–H and O–H groups in total. The van der Waals surface area contributed by atoms with Crippen molar-refractivity contribution in [3.8, 4) is 0 Å². The monoisotopic (exact) mass is 162 g/mol. The van der Waals surface area contributed by atoms with Crippen LogP contribution in [0.15, 0.2) is 23.1 Å². The predicted octanol–water partition coefficient (Wildman–Crippen LogP) is 2.53. The Morgan fingerprint density at radius 1 is 1.20 bits per heavy atom. The van der Waals surface area contributed by atoms with Gasteiger partial charge in [-0.25, -0.2) is 8.78 Å². The molecule has 1 aromatic carbocycles. The van der Waals surface area contributed by atoms with Gasteiger partial charge in [0.2, 0.25) is 0 Å². The molecule has 0 aliphatic heterocycles. The highest BCUT2D eigenvalue weighted by Crippen LogP contribution is 2.21. The molecule has 10 heavy (non-hydrogen) atoms. The average molecular weight is 162 g/mol. The van der Waals surface area contributed by atoms with Gasteiger partial charge in [-0.05, 0) is 12.1 Å². The standard InChI is InChI=1S/C6H4F2OS/c7-4-2-1-3-5(8)6(4)10-9/h1-3,9H. The summed E-state index contributed by atoms with van der Waals surface area (Å²) in [6.07, 6.45) is 0. The highest BCUT2D eigenvalue weighted by molar-refractivity contribution is 7.93. The maximum Gasteiger partial charge on any atom is 0.142 e. The van der Waals surface area contributed by atoms with Crippen molar-refractivity contribution in [1.29, 1.82) is 0 Å². The van der Waals surface area contributed by atoms with E-state index < -0.39 is 11.6 Å². The second-order valence-corrected chi connectivity index (χ2v) is 2.23. The minimum absolute atomic E-state index is 0.0720. The van der Waals surface area contributed by atoms with E-state index in [1.54, 1.807) is 0 Å². The molecule has 0 unspecified atom stereocenters. The second kappa shape index (κ2) is 2.98. The predicted molar refractivity (Wildman–Crippen MR) is 34.8 cm³/mol. The summed E-state index contributed by atoms with van der Waals surface area (Å²) in [6, 6.07) is 3.41. The van der Waals surface area contributed by atoms with Crippen LogP contribution in [-0.2, 0) is 0 Å². The molecule has 1 rings (SSSR count). The fourth-order valence-electron chi connectivity index (χ4n) is 0.570. The smallest absolute Gasteiger partial charge is 0.142 e. The van der Waals surface area contributed by atoms with Crippen LogP contribution < -0.4 is 0 Å². The van der Waals surface area contributed by atoms with E-state index in [0.717, 1.165) is 12.1 Å². The van der Waals surface area contributed by atoms with E-state index in [4.69, 9.17) is 4.55 Å². The molecule has 54 valence electrons. The van der Waals surface area contributed by atoms with Crippen LogP contribution >= 0.6 is 12.0 Å². The number of hydrogen-bond acceptors (Lipinski definition) is 2. The summed E-state index contributed by atoms with van der Waals surface area (Å²) in [5, 5.41) is 0. The molecular weight excluding hydrogens is 158 g/mol. The third kappa shape index (κ3) is 1.27. The van der Waals surface area contributed by atoms with E-state index in [-0.39, 0.29) is 16.9 Å². The highest BCUT2D eigenvalue weighted by atomic mass is 32.2. The summed E-state index contributed by atoms with van der Waals surface area (Å²) in [5.41, 5.74) is 0. The van der Waals surface area contributed by atoms with Crippen LogP contribution in [0.1, 0.15) is 0 Å². The normalized spacial score (nSPS) is 9.90. The van der Waals surface area contributed by atoms with Gasteiger partial charge in [0, 0.05) is 12.0 Å². The van der Waals surface area contributed by atoms with Crippen LogP contribution in [0.2, 0.25) is 0 Å². The van der Waals surface area contributed by atoms with Crippen LogP contribution in [0.4, 0.5) is 8.78 Å². The van der Waals surface area contributed by atoms with Gasteiger partial charge in [0.05, 0.1) is 0 Å². The topological polar surface area (TPSA) is 20.2 Å². The molecule has 0 saturated carbocycles. The SMILES string of the molecule is OSc1c(F)cccc1F. The van der Waals surface area contributed by atoms with Crippen molar-refractivity contribution in [3.63, 3.8) is 0 Å². The van der Waals surface area contributed by atoms with E-state index in [1.165, 1.54) is 6.07 Å². The van der Waals surface area contributed by atoms with Gasteiger partial charge < -0.3 is 4.55 Å². The Balaban J connectivity index is 3.17. The molecular formula is C6H4F2OS. The zero-order valence-electron chi connectivity index (χ0n) is 4.84. The Bertz CT molecular complexity index is 219. The molecule has 0 bridgehead atoms. The lowest BCUT2D eigenvalue weighted by Gasteiger charge is -1.96. The van der Waals surface area contributed by atoms with Crippen LogP contribution in [0.5, 0.6) is 0 Å². The first-order chi connectivity index (χ1) is 4.75. The van der Waals surface area contributed by atoms with E-state index in [0.29, 0.717) is 0 Å². The van der Waals surface area contributed by atoms with Crippen molar-refractivity contribution in [1.82, 2.24) is 0 Å². The fourth-order valence-corrected chi connectivity index (χ4v) is 0.880. The van der Waals surface area contributed by atoms with Crippen molar-refractivity contribution in [2.45, 2.75) is 4.90 Å². The first kappa shape index (κ1) is 7.50. The third-order valence-corrected chi connectivity index (χ3v) is 1.58. The van der Waals surface area contributed by atoms with Gasteiger partial charge in [-0.2, -0.15) is 0 Å². The second-order valence-electron chi connectivity index (χ2n) is 1.64. The van der Waals surface area contributed by atoms with Gasteiger partial charge in [-0.15, -0.1) is 0 Å². The van der Waals surface area contributed by atoms with Crippen molar-refractivity contribution >= 4 is 12.0 Å². The Morgan fingerprint density at radius 2 is 1.70 bits per heavy atom. The lowest BCUT2D eigenvalue weighted by atomic mass is 10.3. The number of rotatable bonds is 1. The maximum absolute atomic E-state index is 12.4. The van der Waals surface area contributed by atoms with Crippen molar-refractivity contribution in [2.24, 2.45) is 0 Å². The van der Waals surface area contributed by atoms with E-state index in [9.17, 15) is 8.78 Å². The van der Waals surface area contributed by atoms with E-state index >= 15 is 0 Å². The van der Waals surface area contributed by atoms with Gasteiger partial charge in [-0.1, -0.05) is 6.07 Å². The molecule has 0 aliphatic carbocycles. The average Bonchev–Trinajstić information content (AvgIpc) is 1.88. The van der Waals surface area contributed by atoms with Crippen LogP contribution in [0.3, 0.4) is 0 Å². The van der Waals surface area contributed by atoms with Crippen LogP contribution in [0.25, 0.3) is 0 Å². The lowest BCUT2D eigenvalue weighted by molar-refractivity contribution is 0.531. The highest BCUT2D eigenvalue weighted by Gasteiger charge is 2.06. The Kier molecular flexibility index (Phi) is 2.24. The molecule has 0 aliphatic rings. The zero-order valence-corrected chi connectivity index (χ0v) is 5.66. The molecule has 1 aromatic rings. The van der Waals surface area contributed by atoms with Gasteiger partial charge in [-0.3, -0.25) is 0 Å². The molecule has 0 aromatic heterocycles. The molecule has 0 amide bonds. The molecule has 0 heterocycles. The molecule has 0 saturated heterocycles. The number of benzene rings is 1. The zero-order chi connectivity index (χ0) is 7.56. The Labute approximate surface area is 60.9 Å². The lowest BCUT2D eigenvalue weighted by Crippen LogP contribution is -1.84. The van der Waals surface area contributed by atoms with Gasteiger partial charge >= 0.3 is 0 Å². The molecule has 0 atom stereocenters. The number of halogens is 2. The minimum Gasteiger partial charge on any atom is -0.325 e. The first-order valence-corrected chi connectivity index (χ1v) is 3.28.